The van der Waals surface area contributed by atoms with Crippen molar-refractivity contribution in [3.63, 3.8) is 0 Å². The molecule has 0 radical (unpaired) electrons. The summed E-state index contributed by atoms with van der Waals surface area (Å²) in [5.74, 6) is 0. The van der Waals surface area contributed by atoms with E-state index in [0.29, 0.717) is 0 Å². The molecule has 3 nitrogen and oxygen atoms in total. The van der Waals surface area contributed by atoms with Crippen molar-refractivity contribution in [2.75, 3.05) is 18.5 Å². The fourth-order valence-corrected chi connectivity index (χ4v) is 5.47. The minimum absolute atomic E-state index is 0.241. The number of methoxy groups -OCH3 is 1. The van der Waals surface area contributed by atoms with Gasteiger partial charge in [-0.15, -0.1) is 0 Å². The number of rotatable bonds is 6. The van der Waals surface area contributed by atoms with Crippen LogP contribution < -0.4 is 15.3 Å². The second kappa shape index (κ2) is 7.48. The summed E-state index contributed by atoms with van der Waals surface area (Å²) in [6.07, 6.45) is 0. The highest BCUT2D eigenvalue weighted by atomic mass is 31.2. The fourth-order valence-electron chi connectivity index (χ4n) is 2.73. The molecule has 0 heterocycles. The van der Waals surface area contributed by atoms with Crippen LogP contribution in [0.1, 0.15) is 0 Å². The Morgan fingerprint density at radius 3 is 1.58 bits per heavy atom. The van der Waals surface area contributed by atoms with Gasteiger partial charge >= 0.3 is 0 Å². The minimum atomic E-state index is -3.06. The van der Waals surface area contributed by atoms with Crippen molar-refractivity contribution < 1.29 is 9.30 Å². The van der Waals surface area contributed by atoms with Gasteiger partial charge in [0.2, 0.25) is 7.29 Å². The summed E-state index contributed by atoms with van der Waals surface area (Å²) >= 11 is 0. The standard InChI is InChI=1S/C20H20NO2P/c1-23-17-21(18-11-5-2-6-12-18)24(22,19-13-7-3-8-14-19)20-15-9-4-10-16-20/h2-16H,17H2,1H3. The molecule has 0 unspecified atom stereocenters. The molecule has 0 aliphatic rings. The Hall–Kier alpha value is -2.35. The molecule has 0 saturated heterocycles. The molecular formula is C20H20NO2P. The summed E-state index contributed by atoms with van der Waals surface area (Å²) in [6, 6.07) is 28.9. The highest BCUT2D eigenvalue weighted by Crippen LogP contribution is 2.49. The Morgan fingerprint density at radius 2 is 1.17 bits per heavy atom. The number of hydrogen-bond acceptors (Lipinski definition) is 2. The van der Waals surface area contributed by atoms with Gasteiger partial charge in [0.25, 0.3) is 0 Å². The Balaban J connectivity index is 2.22. The average Bonchev–Trinajstić information content (AvgIpc) is 2.67. The van der Waals surface area contributed by atoms with Crippen LogP contribution in [0, 0.1) is 0 Å². The lowest BCUT2D eigenvalue weighted by Gasteiger charge is -2.33. The first-order valence-corrected chi connectivity index (χ1v) is 9.46. The lowest BCUT2D eigenvalue weighted by molar-refractivity contribution is 0.210. The van der Waals surface area contributed by atoms with Crippen molar-refractivity contribution in [3.8, 4) is 0 Å². The predicted octanol–water partition coefficient (Wildman–Crippen LogP) is 4.03. The van der Waals surface area contributed by atoms with E-state index in [-0.39, 0.29) is 6.73 Å². The van der Waals surface area contributed by atoms with Gasteiger partial charge in [-0.2, -0.15) is 0 Å². The maximum Gasteiger partial charge on any atom is 0.231 e. The normalized spacial score (nSPS) is 11.2. The Bertz CT molecular complexity index is 763. The molecule has 3 aromatic carbocycles. The van der Waals surface area contributed by atoms with Crippen LogP contribution in [-0.4, -0.2) is 13.8 Å². The van der Waals surface area contributed by atoms with Crippen LogP contribution in [0.4, 0.5) is 5.69 Å². The van der Waals surface area contributed by atoms with Crippen LogP contribution in [0.2, 0.25) is 0 Å². The van der Waals surface area contributed by atoms with E-state index in [1.54, 1.807) is 7.11 Å². The second-order valence-corrected chi connectivity index (χ2v) is 8.07. The third-order valence-corrected chi connectivity index (χ3v) is 6.88. The van der Waals surface area contributed by atoms with Gasteiger partial charge in [0.1, 0.15) is 6.73 Å². The molecule has 0 saturated carbocycles. The molecule has 0 atom stereocenters. The van der Waals surface area contributed by atoms with Crippen LogP contribution in [-0.2, 0) is 9.30 Å². The largest absolute Gasteiger partial charge is 0.364 e. The smallest absolute Gasteiger partial charge is 0.231 e. The zero-order valence-corrected chi connectivity index (χ0v) is 14.5. The van der Waals surface area contributed by atoms with E-state index >= 15 is 0 Å². The van der Waals surface area contributed by atoms with Crippen molar-refractivity contribution in [3.05, 3.63) is 91.0 Å². The maximum absolute atomic E-state index is 14.4. The van der Waals surface area contributed by atoms with Gasteiger partial charge < -0.3 is 4.74 Å². The minimum Gasteiger partial charge on any atom is -0.364 e. The van der Waals surface area contributed by atoms with E-state index in [1.807, 2.05) is 95.7 Å². The topological polar surface area (TPSA) is 29.5 Å². The van der Waals surface area contributed by atoms with Gasteiger partial charge in [-0.3, -0.25) is 9.24 Å². The molecule has 0 amide bonds. The Kier molecular flexibility index (Phi) is 5.14. The van der Waals surface area contributed by atoms with E-state index in [9.17, 15) is 4.57 Å². The van der Waals surface area contributed by atoms with E-state index in [1.165, 1.54) is 0 Å². The monoisotopic (exact) mass is 337 g/mol. The molecule has 0 bridgehead atoms. The van der Waals surface area contributed by atoms with Crippen LogP contribution in [0.25, 0.3) is 0 Å². The summed E-state index contributed by atoms with van der Waals surface area (Å²) in [6.45, 7) is 0.241. The van der Waals surface area contributed by atoms with Gasteiger partial charge in [0, 0.05) is 23.4 Å². The number of nitrogens with zero attached hydrogens (tertiary/aromatic N) is 1. The van der Waals surface area contributed by atoms with Gasteiger partial charge in [-0.05, 0) is 36.4 Å². The molecule has 3 aromatic rings. The third kappa shape index (κ3) is 3.14. The summed E-state index contributed by atoms with van der Waals surface area (Å²) in [5, 5.41) is 1.58. The molecule has 0 fully saturated rings. The Labute approximate surface area is 142 Å². The first kappa shape index (κ1) is 16.5. The molecule has 0 aliphatic carbocycles. The fraction of sp³-hybridized carbons (Fsp3) is 0.100. The number of para-hydroxylation sites is 1. The van der Waals surface area contributed by atoms with Gasteiger partial charge in [-0.1, -0.05) is 54.6 Å². The molecule has 122 valence electrons. The summed E-state index contributed by atoms with van der Waals surface area (Å²) in [4.78, 5) is 0. The van der Waals surface area contributed by atoms with E-state index < -0.39 is 7.29 Å². The van der Waals surface area contributed by atoms with E-state index in [2.05, 4.69) is 0 Å². The number of benzene rings is 3. The van der Waals surface area contributed by atoms with E-state index in [4.69, 9.17) is 4.74 Å². The molecule has 0 aliphatic heterocycles. The van der Waals surface area contributed by atoms with Gasteiger partial charge in [0.05, 0.1) is 0 Å². The molecular weight excluding hydrogens is 317 g/mol. The van der Waals surface area contributed by atoms with Crippen LogP contribution in [0.15, 0.2) is 91.0 Å². The van der Waals surface area contributed by atoms with Crippen LogP contribution >= 0.6 is 7.29 Å². The predicted molar refractivity (Wildman–Crippen MR) is 101 cm³/mol. The second-order valence-electron chi connectivity index (χ2n) is 5.40. The maximum atomic E-state index is 14.4. The quantitative estimate of drug-likeness (QED) is 0.502. The first-order chi connectivity index (χ1) is 11.8. The zero-order valence-electron chi connectivity index (χ0n) is 13.6. The van der Waals surface area contributed by atoms with Crippen molar-refractivity contribution >= 4 is 23.6 Å². The molecule has 0 spiro atoms. The number of hydrogen-bond donors (Lipinski definition) is 0. The Morgan fingerprint density at radius 1 is 0.750 bits per heavy atom. The highest BCUT2D eigenvalue weighted by Gasteiger charge is 2.34. The SMILES string of the molecule is COCN(c1ccccc1)P(=O)(c1ccccc1)c1ccccc1. The van der Waals surface area contributed by atoms with Crippen LogP contribution in [0.3, 0.4) is 0 Å². The van der Waals surface area contributed by atoms with Crippen molar-refractivity contribution in [1.29, 1.82) is 0 Å². The van der Waals surface area contributed by atoms with Gasteiger partial charge in [-0.25, -0.2) is 0 Å². The molecule has 0 N–H and O–H groups in total. The average molecular weight is 337 g/mol. The van der Waals surface area contributed by atoms with Crippen molar-refractivity contribution in [1.82, 2.24) is 0 Å². The first-order valence-electron chi connectivity index (χ1n) is 7.80. The summed E-state index contributed by atoms with van der Waals surface area (Å²) < 4.78 is 21.6. The molecule has 24 heavy (non-hydrogen) atoms. The van der Waals surface area contributed by atoms with Crippen molar-refractivity contribution in [2.45, 2.75) is 0 Å². The van der Waals surface area contributed by atoms with Crippen LogP contribution in [0.5, 0.6) is 0 Å². The lowest BCUT2D eigenvalue weighted by Crippen LogP contribution is -2.33. The van der Waals surface area contributed by atoms with E-state index in [0.717, 1.165) is 16.3 Å². The number of ether oxygens (including phenoxy) is 1. The van der Waals surface area contributed by atoms with Crippen molar-refractivity contribution in [2.24, 2.45) is 0 Å². The number of anilines is 1. The molecule has 0 aromatic heterocycles. The highest BCUT2D eigenvalue weighted by molar-refractivity contribution is 7.80. The summed E-state index contributed by atoms with van der Waals surface area (Å²) in [7, 11) is -1.44. The zero-order chi connectivity index (χ0) is 16.8. The third-order valence-electron chi connectivity index (χ3n) is 3.86. The summed E-state index contributed by atoms with van der Waals surface area (Å²) in [5.41, 5.74) is 0.871. The van der Waals surface area contributed by atoms with Gasteiger partial charge in [0.15, 0.2) is 0 Å². The lowest BCUT2D eigenvalue weighted by atomic mass is 10.3. The molecule has 3 rings (SSSR count). The molecule has 4 heteroatoms.